The van der Waals surface area contributed by atoms with Crippen LogP contribution in [0.5, 0.6) is 0 Å². The molecule has 0 spiro atoms. The van der Waals surface area contributed by atoms with E-state index in [9.17, 15) is 4.79 Å². The zero-order chi connectivity index (χ0) is 14.7. The molecule has 0 fully saturated rings. The Morgan fingerprint density at radius 2 is 2.25 bits per heavy atom. The predicted octanol–water partition coefficient (Wildman–Crippen LogP) is 3.12. The van der Waals surface area contributed by atoms with Crippen molar-refractivity contribution in [3.05, 3.63) is 62.8 Å². The van der Waals surface area contributed by atoms with Gasteiger partial charge in [0.05, 0.1) is 17.6 Å². The van der Waals surface area contributed by atoms with Crippen LogP contribution in [-0.2, 0) is 5.88 Å². The van der Waals surface area contributed by atoms with Crippen LogP contribution in [0.1, 0.15) is 29.8 Å². The van der Waals surface area contributed by atoms with Crippen molar-refractivity contribution in [1.29, 1.82) is 5.26 Å². The van der Waals surface area contributed by atoms with Gasteiger partial charge in [-0.15, -0.1) is 11.6 Å². The van der Waals surface area contributed by atoms with Gasteiger partial charge >= 0.3 is 0 Å². The lowest BCUT2D eigenvalue weighted by atomic mass is 10.1. The summed E-state index contributed by atoms with van der Waals surface area (Å²) in [6.45, 7) is 1.82. The smallest absolute Gasteiger partial charge is 0.269 e. The number of nitrogens with zero attached hydrogens (tertiary/aromatic N) is 3. The number of hydrogen-bond donors (Lipinski definition) is 0. The molecule has 0 N–H and O–H groups in total. The Morgan fingerprint density at radius 3 is 2.90 bits per heavy atom. The number of pyridine rings is 2. The average molecular weight is 308 g/mol. The predicted molar refractivity (Wildman–Crippen MR) is 78.0 cm³/mol. The van der Waals surface area contributed by atoms with Crippen LogP contribution in [0.4, 0.5) is 0 Å². The van der Waals surface area contributed by atoms with Crippen LogP contribution in [0.25, 0.3) is 0 Å². The van der Waals surface area contributed by atoms with E-state index in [0.29, 0.717) is 16.3 Å². The molecule has 0 aliphatic rings. The van der Waals surface area contributed by atoms with Crippen molar-refractivity contribution < 1.29 is 0 Å². The lowest BCUT2D eigenvalue weighted by molar-refractivity contribution is 0.593. The molecule has 0 aliphatic carbocycles. The molecular weight excluding hydrogens is 297 g/mol. The SMILES string of the molecule is CC(c1nccc(Cl)c1CCl)n1cccc(C#N)c1=O. The number of hydrogen-bond acceptors (Lipinski definition) is 3. The van der Waals surface area contributed by atoms with Crippen molar-refractivity contribution in [3.63, 3.8) is 0 Å². The number of alkyl halides is 1. The first-order valence-electron chi connectivity index (χ1n) is 5.90. The quantitative estimate of drug-likeness (QED) is 0.819. The van der Waals surface area contributed by atoms with Crippen molar-refractivity contribution in [3.8, 4) is 6.07 Å². The molecule has 0 amide bonds. The van der Waals surface area contributed by atoms with Crippen molar-refractivity contribution in [2.45, 2.75) is 18.8 Å². The molecular formula is C14H11Cl2N3O. The summed E-state index contributed by atoms with van der Waals surface area (Å²) in [5.41, 5.74) is 1.06. The molecule has 4 nitrogen and oxygen atoms in total. The Balaban J connectivity index is 2.59. The fourth-order valence-electron chi connectivity index (χ4n) is 2.01. The Morgan fingerprint density at radius 1 is 1.50 bits per heavy atom. The van der Waals surface area contributed by atoms with Crippen LogP contribution in [0, 0.1) is 11.3 Å². The van der Waals surface area contributed by atoms with E-state index in [4.69, 9.17) is 28.5 Å². The van der Waals surface area contributed by atoms with Crippen molar-refractivity contribution in [2.75, 3.05) is 0 Å². The standard InChI is InChI=1S/C14H11Cl2N3O/c1-9(13-11(7-15)12(16)4-5-18-13)19-6-2-3-10(8-17)14(19)20/h2-6,9H,7H2,1H3. The number of nitriles is 1. The minimum absolute atomic E-state index is 0.0915. The minimum atomic E-state index is -0.358. The molecule has 0 radical (unpaired) electrons. The van der Waals surface area contributed by atoms with E-state index in [0.717, 1.165) is 0 Å². The van der Waals surface area contributed by atoms with Gasteiger partial charge in [0.2, 0.25) is 0 Å². The fourth-order valence-corrected chi connectivity index (χ4v) is 2.58. The van der Waals surface area contributed by atoms with E-state index in [2.05, 4.69) is 4.98 Å². The third-order valence-corrected chi connectivity index (χ3v) is 3.69. The molecule has 1 atom stereocenters. The highest BCUT2D eigenvalue weighted by molar-refractivity contribution is 6.32. The van der Waals surface area contributed by atoms with Gasteiger partial charge < -0.3 is 4.57 Å². The maximum atomic E-state index is 12.1. The molecule has 1 unspecified atom stereocenters. The lowest BCUT2D eigenvalue weighted by Gasteiger charge is -2.18. The molecule has 2 rings (SSSR count). The topological polar surface area (TPSA) is 58.7 Å². The fraction of sp³-hybridized carbons (Fsp3) is 0.214. The van der Waals surface area contributed by atoms with Gasteiger partial charge in [-0.1, -0.05) is 11.6 Å². The highest BCUT2D eigenvalue weighted by Crippen LogP contribution is 2.26. The second-order valence-corrected chi connectivity index (χ2v) is 4.89. The largest absolute Gasteiger partial charge is 0.306 e. The Kier molecular flexibility index (Phi) is 4.43. The first kappa shape index (κ1) is 14.6. The normalized spacial score (nSPS) is 11.9. The van der Waals surface area contributed by atoms with E-state index >= 15 is 0 Å². The summed E-state index contributed by atoms with van der Waals surface area (Å²) in [7, 11) is 0. The highest BCUT2D eigenvalue weighted by atomic mass is 35.5. The summed E-state index contributed by atoms with van der Waals surface area (Å²) in [5, 5.41) is 9.43. The van der Waals surface area contributed by atoms with E-state index in [1.807, 2.05) is 13.0 Å². The van der Waals surface area contributed by atoms with Gasteiger partial charge in [0.1, 0.15) is 11.6 Å². The summed E-state index contributed by atoms with van der Waals surface area (Å²) >= 11 is 12.0. The van der Waals surface area contributed by atoms with E-state index in [1.165, 1.54) is 10.6 Å². The molecule has 102 valence electrons. The summed E-state index contributed by atoms with van der Waals surface area (Å²) < 4.78 is 1.45. The third kappa shape index (κ3) is 2.55. The Labute approximate surface area is 126 Å². The molecule has 0 aromatic carbocycles. The van der Waals surface area contributed by atoms with Gasteiger partial charge in [0.25, 0.3) is 5.56 Å². The lowest BCUT2D eigenvalue weighted by Crippen LogP contribution is -2.26. The van der Waals surface area contributed by atoms with Crippen LogP contribution in [-0.4, -0.2) is 9.55 Å². The van der Waals surface area contributed by atoms with Gasteiger partial charge in [0.15, 0.2) is 0 Å². The van der Waals surface area contributed by atoms with Gasteiger partial charge in [-0.2, -0.15) is 5.26 Å². The highest BCUT2D eigenvalue weighted by Gasteiger charge is 2.17. The second-order valence-electron chi connectivity index (χ2n) is 4.21. The van der Waals surface area contributed by atoms with Crippen LogP contribution in [0.3, 0.4) is 0 Å². The van der Waals surface area contributed by atoms with Gasteiger partial charge in [0, 0.05) is 23.0 Å². The number of rotatable bonds is 3. The molecule has 0 aliphatic heterocycles. The van der Waals surface area contributed by atoms with Crippen molar-refractivity contribution in [2.24, 2.45) is 0 Å². The molecule has 20 heavy (non-hydrogen) atoms. The van der Waals surface area contributed by atoms with E-state index < -0.39 is 0 Å². The molecule has 2 aromatic heterocycles. The molecule has 0 saturated heterocycles. The molecule has 0 bridgehead atoms. The second kappa shape index (κ2) is 6.08. The summed E-state index contributed by atoms with van der Waals surface area (Å²) in [4.78, 5) is 16.4. The summed E-state index contributed by atoms with van der Waals surface area (Å²) in [5.74, 6) is 0.207. The molecule has 2 aromatic rings. The average Bonchev–Trinajstić information content (AvgIpc) is 2.46. The number of aromatic nitrogens is 2. The minimum Gasteiger partial charge on any atom is -0.306 e. The van der Waals surface area contributed by atoms with Gasteiger partial charge in [-0.05, 0) is 25.1 Å². The van der Waals surface area contributed by atoms with Crippen LogP contribution >= 0.6 is 23.2 Å². The number of halogens is 2. The van der Waals surface area contributed by atoms with E-state index in [1.54, 1.807) is 24.5 Å². The van der Waals surface area contributed by atoms with Crippen molar-refractivity contribution >= 4 is 23.2 Å². The van der Waals surface area contributed by atoms with Crippen LogP contribution in [0.15, 0.2) is 35.4 Å². The van der Waals surface area contributed by atoms with Gasteiger partial charge in [-0.3, -0.25) is 9.78 Å². The maximum absolute atomic E-state index is 12.1. The molecule has 0 saturated carbocycles. The van der Waals surface area contributed by atoms with Gasteiger partial charge in [-0.25, -0.2) is 0 Å². The monoisotopic (exact) mass is 307 g/mol. The zero-order valence-electron chi connectivity index (χ0n) is 10.7. The van der Waals surface area contributed by atoms with E-state index in [-0.39, 0.29) is 23.0 Å². The summed E-state index contributed by atoms with van der Waals surface area (Å²) in [6.07, 6.45) is 3.19. The first-order chi connectivity index (χ1) is 9.60. The van der Waals surface area contributed by atoms with Crippen molar-refractivity contribution in [1.82, 2.24) is 9.55 Å². The molecule has 6 heteroatoms. The third-order valence-electron chi connectivity index (χ3n) is 3.07. The zero-order valence-corrected chi connectivity index (χ0v) is 12.2. The Bertz CT molecular complexity index is 734. The van der Waals surface area contributed by atoms with Crippen LogP contribution < -0.4 is 5.56 Å². The maximum Gasteiger partial charge on any atom is 0.269 e. The van der Waals surface area contributed by atoms with Crippen LogP contribution in [0.2, 0.25) is 5.02 Å². The summed E-state index contributed by atoms with van der Waals surface area (Å²) in [6, 6.07) is 6.31. The Hall–Kier alpha value is -1.83. The molecule has 2 heterocycles. The first-order valence-corrected chi connectivity index (χ1v) is 6.82.